The molecule has 2 nitrogen and oxygen atoms in total. The van der Waals surface area contributed by atoms with E-state index in [1.165, 1.54) is 22.9 Å². The van der Waals surface area contributed by atoms with Gasteiger partial charge in [0.2, 0.25) is 0 Å². The first kappa shape index (κ1) is 9.16. The Morgan fingerprint density at radius 1 is 1.25 bits per heavy atom. The van der Waals surface area contributed by atoms with Crippen LogP contribution in [0.1, 0.15) is 22.9 Å². The molecule has 2 heterocycles. The second-order valence-corrected chi connectivity index (χ2v) is 5.83. The van der Waals surface area contributed by atoms with Gasteiger partial charge in [0, 0.05) is 16.1 Å². The second-order valence-electron chi connectivity index (χ2n) is 4.74. The first-order chi connectivity index (χ1) is 7.93. The van der Waals surface area contributed by atoms with Gasteiger partial charge >= 0.3 is 0 Å². The zero-order valence-electron chi connectivity index (χ0n) is 8.99. The molecule has 82 valence electrons. The third-order valence-electron chi connectivity index (χ3n) is 3.87. The first-order valence-corrected chi connectivity index (χ1v) is 6.74. The fraction of sp³-hybridized carbons (Fsp3) is 0.385. The summed E-state index contributed by atoms with van der Waals surface area (Å²) in [6.45, 7) is 1.12. The number of fused-ring (bicyclic) bond motifs is 5. The molecular formula is C13H14N2S. The average molecular weight is 230 g/mol. The Morgan fingerprint density at radius 3 is 3.19 bits per heavy atom. The standard InChI is InChI=1S/C13H14N2S/c1-2-4-11-9(3-1)10-6-5-8-7-14-15-12(8)13(10)16-11/h1-4,8,12,14-15H,5-7H2. The lowest BCUT2D eigenvalue weighted by Gasteiger charge is -2.24. The van der Waals surface area contributed by atoms with Gasteiger partial charge in [-0.15, -0.1) is 11.3 Å². The highest BCUT2D eigenvalue weighted by atomic mass is 32.1. The molecular weight excluding hydrogens is 216 g/mol. The largest absolute Gasteiger partial charge is 0.257 e. The number of aryl methyl sites for hydroxylation is 1. The Bertz CT molecular complexity index is 546. The van der Waals surface area contributed by atoms with Gasteiger partial charge < -0.3 is 0 Å². The molecule has 1 aliphatic heterocycles. The maximum atomic E-state index is 3.44. The molecule has 0 spiro atoms. The highest BCUT2D eigenvalue weighted by molar-refractivity contribution is 7.19. The Hall–Kier alpha value is -0.900. The summed E-state index contributed by atoms with van der Waals surface area (Å²) in [7, 11) is 0. The minimum absolute atomic E-state index is 0.557. The monoisotopic (exact) mass is 230 g/mol. The van der Waals surface area contributed by atoms with Crippen LogP contribution in [0.5, 0.6) is 0 Å². The molecule has 2 aromatic rings. The molecule has 0 saturated carbocycles. The van der Waals surface area contributed by atoms with Crippen molar-refractivity contribution in [1.29, 1.82) is 0 Å². The lowest BCUT2D eigenvalue weighted by molar-refractivity contribution is 0.427. The Kier molecular flexibility index (Phi) is 1.89. The van der Waals surface area contributed by atoms with Crippen LogP contribution in [0.2, 0.25) is 0 Å². The van der Waals surface area contributed by atoms with Crippen LogP contribution in [0.4, 0.5) is 0 Å². The van der Waals surface area contributed by atoms with Gasteiger partial charge in [0.05, 0.1) is 6.04 Å². The van der Waals surface area contributed by atoms with Crippen molar-refractivity contribution in [1.82, 2.24) is 10.9 Å². The van der Waals surface area contributed by atoms with Crippen molar-refractivity contribution >= 4 is 21.4 Å². The van der Waals surface area contributed by atoms with Gasteiger partial charge in [-0.1, -0.05) is 18.2 Å². The fourth-order valence-corrected chi connectivity index (χ4v) is 4.44. The predicted molar refractivity (Wildman–Crippen MR) is 67.5 cm³/mol. The smallest absolute Gasteiger partial charge is 0.0599 e. The molecule has 2 N–H and O–H groups in total. The highest BCUT2D eigenvalue weighted by Crippen LogP contribution is 2.44. The van der Waals surface area contributed by atoms with Crippen molar-refractivity contribution in [3.63, 3.8) is 0 Å². The Balaban J connectivity index is 1.96. The normalized spacial score (nSPS) is 28.0. The van der Waals surface area contributed by atoms with Gasteiger partial charge in [-0.05, 0) is 35.8 Å². The molecule has 4 rings (SSSR count). The van der Waals surface area contributed by atoms with Crippen LogP contribution >= 0.6 is 11.3 Å². The summed E-state index contributed by atoms with van der Waals surface area (Å²) >= 11 is 1.97. The zero-order chi connectivity index (χ0) is 10.5. The number of hydrazine groups is 1. The number of thiophene rings is 1. The molecule has 3 heteroatoms. The maximum Gasteiger partial charge on any atom is 0.0599 e. The Labute approximate surface area is 98.6 Å². The van der Waals surface area contributed by atoms with Crippen LogP contribution < -0.4 is 10.9 Å². The van der Waals surface area contributed by atoms with Crippen molar-refractivity contribution in [3.8, 4) is 0 Å². The van der Waals surface area contributed by atoms with Gasteiger partial charge in [-0.2, -0.15) is 0 Å². The van der Waals surface area contributed by atoms with E-state index in [1.54, 1.807) is 10.4 Å². The number of benzene rings is 1. The minimum Gasteiger partial charge on any atom is -0.257 e. The fourth-order valence-electron chi connectivity index (χ4n) is 3.04. The van der Waals surface area contributed by atoms with E-state index in [1.807, 2.05) is 11.3 Å². The van der Waals surface area contributed by atoms with E-state index in [9.17, 15) is 0 Å². The molecule has 1 fully saturated rings. The van der Waals surface area contributed by atoms with Gasteiger partial charge in [0.1, 0.15) is 0 Å². The van der Waals surface area contributed by atoms with Crippen LogP contribution in [-0.4, -0.2) is 6.54 Å². The SMILES string of the molecule is c1ccc2c3c(sc2c1)C1NNCC1CC3. The van der Waals surface area contributed by atoms with Crippen molar-refractivity contribution in [2.75, 3.05) is 6.54 Å². The summed E-state index contributed by atoms with van der Waals surface area (Å²) in [6.07, 6.45) is 2.57. The molecule has 2 aliphatic rings. The summed E-state index contributed by atoms with van der Waals surface area (Å²) in [5.74, 6) is 0.792. The number of hydrogen-bond acceptors (Lipinski definition) is 3. The topological polar surface area (TPSA) is 24.1 Å². The van der Waals surface area contributed by atoms with E-state index in [4.69, 9.17) is 0 Å². The number of nitrogens with one attached hydrogen (secondary N) is 2. The van der Waals surface area contributed by atoms with E-state index >= 15 is 0 Å². The first-order valence-electron chi connectivity index (χ1n) is 5.92. The highest BCUT2D eigenvalue weighted by Gasteiger charge is 2.35. The molecule has 2 atom stereocenters. The Morgan fingerprint density at radius 2 is 2.19 bits per heavy atom. The minimum atomic E-state index is 0.557. The summed E-state index contributed by atoms with van der Waals surface area (Å²) in [6, 6.07) is 9.37. The molecule has 0 amide bonds. The molecule has 1 aromatic carbocycles. The van der Waals surface area contributed by atoms with E-state index in [2.05, 4.69) is 35.1 Å². The molecule has 1 saturated heterocycles. The van der Waals surface area contributed by atoms with E-state index in [-0.39, 0.29) is 0 Å². The quantitative estimate of drug-likeness (QED) is 0.727. The van der Waals surface area contributed by atoms with Crippen LogP contribution in [-0.2, 0) is 6.42 Å². The van der Waals surface area contributed by atoms with Gasteiger partial charge in [0.15, 0.2) is 0 Å². The molecule has 0 bridgehead atoms. The lowest BCUT2D eigenvalue weighted by Crippen LogP contribution is -2.26. The zero-order valence-corrected chi connectivity index (χ0v) is 9.81. The van der Waals surface area contributed by atoms with Gasteiger partial charge in [-0.25, -0.2) is 5.43 Å². The van der Waals surface area contributed by atoms with Crippen molar-refractivity contribution in [3.05, 3.63) is 34.7 Å². The van der Waals surface area contributed by atoms with Crippen LogP contribution in [0.15, 0.2) is 24.3 Å². The van der Waals surface area contributed by atoms with Crippen LogP contribution in [0, 0.1) is 5.92 Å². The third-order valence-corrected chi connectivity index (χ3v) is 5.17. The van der Waals surface area contributed by atoms with E-state index < -0.39 is 0 Å². The number of rotatable bonds is 0. The second kappa shape index (κ2) is 3.29. The molecule has 1 aliphatic carbocycles. The van der Waals surface area contributed by atoms with E-state index in [0.717, 1.165) is 12.5 Å². The summed E-state index contributed by atoms with van der Waals surface area (Å²) in [5.41, 5.74) is 8.34. The number of hydrogen-bond donors (Lipinski definition) is 2. The molecule has 1 aromatic heterocycles. The van der Waals surface area contributed by atoms with Gasteiger partial charge in [0.25, 0.3) is 0 Å². The molecule has 2 unspecified atom stereocenters. The van der Waals surface area contributed by atoms with Crippen molar-refractivity contribution in [2.45, 2.75) is 18.9 Å². The summed E-state index contributed by atoms with van der Waals surface area (Å²) in [4.78, 5) is 1.57. The molecule has 0 radical (unpaired) electrons. The van der Waals surface area contributed by atoms with E-state index in [0.29, 0.717) is 6.04 Å². The predicted octanol–water partition coefficient (Wildman–Crippen LogP) is 2.61. The molecule has 16 heavy (non-hydrogen) atoms. The lowest BCUT2D eigenvalue weighted by atomic mass is 9.85. The van der Waals surface area contributed by atoms with Gasteiger partial charge in [-0.3, -0.25) is 5.43 Å². The van der Waals surface area contributed by atoms with Crippen LogP contribution in [0.25, 0.3) is 10.1 Å². The maximum absolute atomic E-state index is 3.44. The van der Waals surface area contributed by atoms with Crippen molar-refractivity contribution in [2.24, 2.45) is 5.92 Å². The summed E-state index contributed by atoms with van der Waals surface area (Å²) < 4.78 is 1.45. The van der Waals surface area contributed by atoms with Crippen molar-refractivity contribution < 1.29 is 0 Å². The summed E-state index contributed by atoms with van der Waals surface area (Å²) in [5, 5.41) is 1.48. The van der Waals surface area contributed by atoms with Crippen LogP contribution in [0.3, 0.4) is 0 Å². The third kappa shape index (κ3) is 1.14. The average Bonchev–Trinajstić information content (AvgIpc) is 2.92.